The zero-order valence-corrected chi connectivity index (χ0v) is 8.51. The lowest BCUT2D eigenvalue weighted by Gasteiger charge is -2.15. The minimum atomic E-state index is -0.241. The smallest absolute Gasteiger partial charge is 0.164 e. The van der Waals surface area contributed by atoms with Crippen molar-refractivity contribution in [1.29, 1.82) is 0 Å². The van der Waals surface area contributed by atoms with Crippen LogP contribution in [0.3, 0.4) is 0 Å². The van der Waals surface area contributed by atoms with E-state index in [1.54, 1.807) is 0 Å². The Hall–Kier alpha value is -0.900. The molecule has 14 heavy (non-hydrogen) atoms. The molecule has 1 aromatic rings. The summed E-state index contributed by atoms with van der Waals surface area (Å²) in [4.78, 5) is 0. The molecule has 0 aromatic carbocycles. The standard InChI is InChI=1S/C10H15FN2O/c1-7(2)14-6-10(3-4-10)9-8(11)5-12-13-9/h5,7H,3-4,6H2,1-2H3,(H,12,13). The van der Waals surface area contributed by atoms with Gasteiger partial charge in [0.25, 0.3) is 0 Å². The zero-order chi connectivity index (χ0) is 10.2. The maximum Gasteiger partial charge on any atom is 0.164 e. The SMILES string of the molecule is CC(C)OCC1(c2[nH]ncc2F)CC1. The van der Waals surface area contributed by atoms with Gasteiger partial charge in [0.15, 0.2) is 5.82 Å². The van der Waals surface area contributed by atoms with Gasteiger partial charge in [-0.05, 0) is 26.7 Å². The van der Waals surface area contributed by atoms with E-state index in [0.717, 1.165) is 12.8 Å². The summed E-state index contributed by atoms with van der Waals surface area (Å²) in [6.07, 6.45) is 3.39. The van der Waals surface area contributed by atoms with Crippen LogP contribution in [-0.2, 0) is 10.2 Å². The molecule has 1 aliphatic carbocycles. The number of aromatic amines is 1. The topological polar surface area (TPSA) is 37.9 Å². The summed E-state index contributed by atoms with van der Waals surface area (Å²) < 4.78 is 18.8. The fourth-order valence-electron chi connectivity index (χ4n) is 1.59. The second kappa shape index (κ2) is 3.35. The third-order valence-electron chi connectivity index (χ3n) is 2.67. The Morgan fingerprint density at radius 1 is 1.64 bits per heavy atom. The maximum atomic E-state index is 13.3. The highest BCUT2D eigenvalue weighted by Crippen LogP contribution is 2.48. The number of halogens is 1. The quantitative estimate of drug-likeness (QED) is 0.803. The normalized spacial score (nSPS) is 18.9. The van der Waals surface area contributed by atoms with E-state index in [2.05, 4.69) is 10.2 Å². The number of aromatic nitrogens is 2. The van der Waals surface area contributed by atoms with E-state index in [1.165, 1.54) is 6.20 Å². The van der Waals surface area contributed by atoms with Crippen LogP contribution in [0.4, 0.5) is 4.39 Å². The van der Waals surface area contributed by atoms with E-state index < -0.39 is 0 Å². The fourth-order valence-corrected chi connectivity index (χ4v) is 1.59. The number of nitrogens with zero attached hydrogens (tertiary/aromatic N) is 1. The van der Waals surface area contributed by atoms with Crippen LogP contribution < -0.4 is 0 Å². The van der Waals surface area contributed by atoms with E-state index in [0.29, 0.717) is 12.3 Å². The van der Waals surface area contributed by atoms with Crippen LogP contribution in [0, 0.1) is 5.82 Å². The largest absolute Gasteiger partial charge is 0.378 e. The van der Waals surface area contributed by atoms with Crippen molar-refractivity contribution in [2.45, 2.75) is 38.2 Å². The predicted octanol–water partition coefficient (Wildman–Crippen LogP) is 2.01. The Morgan fingerprint density at radius 2 is 2.36 bits per heavy atom. The molecule has 78 valence electrons. The van der Waals surface area contributed by atoms with E-state index >= 15 is 0 Å². The van der Waals surface area contributed by atoms with Crippen molar-refractivity contribution in [1.82, 2.24) is 10.2 Å². The Labute approximate surface area is 82.7 Å². The van der Waals surface area contributed by atoms with Crippen molar-refractivity contribution in [3.05, 3.63) is 17.7 Å². The van der Waals surface area contributed by atoms with Crippen LogP contribution in [0.15, 0.2) is 6.20 Å². The van der Waals surface area contributed by atoms with Crippen molar-refractivity contribution in [3.63, 3.8) is 0 Å². The predicted molar refractivity (Wildman–Crippen MR) is 50.5 cm³/mol. The van der Waals surface area contributed by atoms with Gasteiger partial charge in [0, 0.05) is 5.41 Å². The van der Waals surface area contributed by atoms with Crippen LogP contribution in [-0.4, -0.2) is 22.9 Å². The Balaban J connectivity index is 2.06. The Kier molecular flexibility index (Phi) is 2.31. The molecule has 3 nitrogen and oxygen atoms in total. The molecule has 0 bridgehead atoms. The summed E-state index contributed by atoms with van der Waals surface area (Å²) in [6.45, 7) is 4.56. The van der Waals surface area contributed by atoms with E-state index in [-0.39, 0.29) is 17.3 Å². The minimum Gasteiger partial charge on any atom is -0.378 e. The van der Waals surface area contributed by atoms with Crippen molar-refractivity contribution in [2.75, 3.05) is 6.61 Å². The van der Waals surface area contributed by atoms with Crippen molar-refractivity contribution >= 4 is 0 Å². The molecule has 0 radical (unpaired) electrons. The molecular formula is C10H15FN2O. The van der Waals surface area contributed by atoms with Gasteiger partial charge in [-0.1, -0.05) is 0 Å². The van der Waals surface area contributed by atoms with Crippen molar-refractivity contribution in [2.24, 2.45) is 0 Å². The summed E-state index contributed by atoms with van der Waals surface area (Å²) >= 11 is 0. The Bertz CT molecular complexity index is 318. The molecule has 2 rings (SSSR count). The van der Waals surface area contributed by atoms with Crippen LogP contribution in [0.2, 0.25) is 0 Å². The van der Waals surface area contributed by atoms with E-state index in [1.807, 2.05) is 13.8 Å². The molecule has 1 heterocycles. The van der Waals surface area contributed by atoms with Gasteiger partial charge in [-0.2, -0.15) is 5.10 Å². The van der Waals surface area contributed by atoms with Crippen LogP contribution in [0.5, 0.6) is 0 Å². The van der Waals surface area contributed by atoms with Gasteiger partial charge in [0.05, 0.1) is 24.6 Å². The zero-order valence-electron chi connectivity index (χ0n) is 8.51. The first-order valence-corrected chi connectivity index (χ1v) is 4.95. The van der Waals surface area contributed by atoms with Crippen LogP contribution >= 0.6 is 0 Å². The molecule has 1 aromatic heterocycles. The molecule has 4 heteroatoms. The molecule has 1 saturated carbocycles. The number of hydrogen-bond donors (Lipinski definition) is 1. The third kappa shape index (κ3) is 1.66. The molecule has 1 fully saturated rings. The summed E-state index contributed by atoms with van der Waals surface area (Å²) in [5.41, 5.74) is 0.489. The lowest BCUT2D eigenvalue weighted by molar-refractivity contribution is 0.0604. The first kappa shape index (κ1) is 9.65. The number of hydrogen-bond acceptors (Lipinski definition) is 2. The van der Waals surface area contributed by atoms with Gasteiger partial charge >= 0.3 is 0 Å². The number of nitrogens with one attached hydrogen (secondary N) is 1. The molecule has 0 saturated heterocycles. The van der Waals surface area contributed by atoms with Gasteiger partial charge in [0.1, 0.15) is 0 Å². The van der Waals surface area contributed by atoms with E-state index in [4.69, 9.17) is 4.74 Å². The maximum absolute atomic E-state index is 13.3. The summed E-state index contributed by atoms with van der Waals surface area (Å²) in [7, 11) is 0. The highest BCUT2D eigenvalue weighted by atomic mass is 19.1. The second-order valence-electron chi connectivity index (χ2n) is 4.23. The number of ether oxygens (including phenoxy) is 1. The fraction of sp³-hybridized carbons (Fsp3) is 0.700. The second-order valence-corrected chi connectivity index (χ2v) is 4.23. The molecule has 0 aliphatic heterocycles. The number of H-pyrrole nitrogens is 1. The third-order valence-corrected chi connectivity index (χ3v) is 2.67. The average Bonchev–Trinajstić information content (AvgIpc) is 2.80. The van der Waals surface area contributed by atoms with Gasteiger partial charge in [-0.15, -0.1) is 0 Å². The van der Waals surface area contributed by atoms with Crippen molar-refractivity contribution in [3.8, 4) is 0 Å². The first-order chi connectivity index (χ1) is 6.64. The molecule has 1 aliphatic rings. The summed E-state index contributed by atoms with van der Waals surface area (Å²) in [6, 6.07) is 0. The monoisotopic (exact) mass is 198 g/mol. The van der Waals surface area contributed by atoms with Gasteiger partial charge in [0.2, 0.25) is 0 Å². The molecule has 0 amide bonds. The van der Waals surface area contributed by atoms with Gasteiger partial charge in [-0.25, -0.2) is 4.39 Å². The average molecular weight is 198 g/mol. The molecular weight excluding hydrogens is 183 g/mol. The molecule has 0 unspecified atom stereocenters. The molecule has 1 N–H and O–H groups in total. The highest BCUT2D eigenvalue weighted by Gasteiger charge is 2.48. The lowest BCUT2D eigenvalue weighted by atomic mass is 10.0. The van der Waals surface area contributed by atoms with Gasteiger partial charge in [-0.3, -0.25) is 5.10 Å². The summed E-state index contributed by atoms with van der Waals surface area (Å²) in [5, 5.41) is 6.43. The summed E-state index contributed by atoms with van der Waals surface area (Å²) in [5.74, 6) is -0.241. The van der Waals surface area contributed by atoms with E-state index in [9.17, 15) is 4.39 Å². The van der Waals surface area contributed by atoms with Crippen LogP contribution in [0.1, 0.15) is 32.4 Å². The number of rotatable bonds is 4. The minimum absolute atomic E-state index is 0.120. The molecule has 0 spiro atoms. The van der Waals surface area contributed by atoms with Crippen molar-refractivity contribution < 1.29 is 9.13 Å². The van der Waals surface area contributed by atoms with Crippen LogP contribution in [0.25, 0.3) is 0 Å². The Morgan fingerprint density at radius 3 is 2.79 bits per heavy atom. The van der Waals surface area contributed by atoms with Gasteiger partial charge < -0.3 is 4.74 Å². The molecule has 0 atom stereocenters. The first-order valence-electron chi connectivity index (χ1n) is 4.95. The highest BCUT2D eigenvalue weighted by molar-refractivity contribution is 5.24. The lowest BCUT2D eigenvalue weighted by Crippen LogP contribution is -2.20.